The summed E-state index contributed by atoms with van der Waals surface area (Å²) in [5, 5.41) is 11.2. The lowest BCUT2D eigenvalue weighted by Crippen LogP contribution is -2.35. The fourth-order valence-electron chi connectivity index (χ4n) is 2.73. The molecule has 0 radical (unpaired) electrons. The third-order valence-electron chi connectivity index (χ3n) is 3.80. The van der Waals surface area contributed by atoms with E-state index in [2.05, 4.69) is 11.8 Å². The van der Waals surface area contributed by atoms with Crippen LogP contribution >= 0.6 is 23.2 Å². The molecule has 1 N–H and O–H groups in total. The van der Waals surface area contributed by atoms with E-state index in [0.29, 0.717) is 16.5 Å². The van der Waals surface area contributed by atoms with Gasteiger partial charge in [0.25, 0.3) is 0 Å². The Labute approximate surface area is 125 Å². The monoisotopic (exact) mass is 301 g/mol. The van der Waals surface area contributed by atoms with Crippen LogP contribution in [-0.4, -0.2) is 29.6 Å². The summed E-state index contributed by atoms with van der Waals surface area (Å²) >= 11 is 12.1. The topological polar surface area (TPSA) is 23.5 Å². The van der Waals surface area contributed by atoms with Crippen LogP contribution < -0.4 is 0 Å². The molecule has 0 aliphatic carbocycles. The Morgan fingerprint density at radius 2 is 2.21 bits per heavy atom. The molecule has 1 aromatic rings. The van der Waals surface area contributed by atoms with E-state index in [1.807, 2.05) is 12.1 Å². The average molecular weight is 302 g/mol. The van der Waals surface area contributed by atoms with Crippen LogP contribution in [0.5, 0.6) is 0 Å². The number of nitrogens with zero attached hydrogens (tertiary/aromatic N) is 1. The van der Waals surface area contributed by atoms with Gasteiger partial charge in [-0.1, -0.05) is 42.3 Å². The van der Waals surface area contributed by atoms with Crippen molar-refractivity contribution in [3.05, 3.63) is 33.8 Å². The van der Waals surface area contributed by atoms with E-state index < -0.39 is 6.10 Å². The molecule has 2 unspecified atom stereocenters. The lowest BCUT2D eigenvalue weighted by Gasteiger charge is -2.31. The fraction of sp³-hybridized carbons (Fsp3) is 0.600. The van der Waals surface area contributed by atoms with Gasteiger partial charge in [0.15, 0.2) is 0 Å². The highest BCUT2D eigenvalue weighted by Crippen LogP contribution is 2.31. The number of likely N-dealkylation sites (tertiary alicyclic amines) is 1. The van der Waals surface area contributed by atoms with Crippen molar-refractivity contribution in [3.63, 3.8) is 0 Å². The van der Waals surface area contributed by atoms with Crippen LogP contribution in [0.25, 0.3) is 0 Å². The highest BCUT2D eigenvalue weighted by Gasteiger charge is 2.19. The Morgan fingerprint density at radius 3 is 2.95 bits per heavy atom. The largest absolute Gasteiger partial charge is 0.388 e. The van der Waals surface area contributed by atoms with E-state index in [0.717, 1.165) is 31.1 Å². The number of halogens is 2. The van der Waals surface area contributed by atoms with Crippen molar-refractivity contribution >= 4 is 23.2 Å². The Kier molecular flexibility index (Phi) is 5.52. The van der Waals surface area contributed by atoms with Crippen molar-refractivity contribution in [2.45, 2.75) is 32.3 Å². The van der Waals surface area contributed by atoms with Gasteiger partial charge in [-0.25, -0.2) is 0 Å². The molecule has 1 heterocycles. The average Bonchev–Trinajstić information content (AvgIpc) is 2.39. The first-order valence-corrected chi connectivity index (χ1v) is 7.68. The van der Waals surface area contributed by atoms with Gasteiger partial charge in [-0.05, 0) is 37.8 Å². The molecule has 0 aromatic heterocycles. The molecule has 0 bridgehead atoms. The number of rotatable bonds is 4. The zero-order valence-corrected chi connectivity index (χ0v) is 12.8. The van der Waals surface area contributed by atoms with Gasteiger partial charge < -0.3 is 10.0 Å². The molecular formula is C15H21Cl2NO. The molecule has 0 spiro atoms. The van der Waals surface area contributed by atoms with Crippen LogP contribution in [0.3, 0.4) is 0 Å². The second kappa shape index (κ2) is 6.94. The number of hydrogen-bond donors (Lipinski definition) is 1. The molecule has 1 aliphatic heterocycles. The van der Waals surface area contributed by atoms with E-state index in [1.54, 1.807) is 6.07 Å². The van der Waals surface area contributed by atoms with Crippen LogP contribution in [0.4, 0.5) is 0 Å². The summed E-state index contributed by atoms with van der Waals surface area (Å²) in [5.41, 5.74) is 0.735. The predicted octanol–water partition coefficient (Wildman–Crippen LogP) is 4.15. The van der Waals surface area contributed by atoms with Crippen LogP contribution in [0.15, 0.2) is 18.2 Å². The minimum atomic E-state index is -0.538. The first kappa shape index (κ1) is 15.1. The van der Waals surface area contributed by atoms with Gasteiger partial charge >= 0.3 is 0 Å². The molecule has 1 aliphatic rings. The molecule has 0 saturated carbocycles. The second-order valence-electron chi connectivity index (χ2n) is 5.50. The summed E-state index contributed by atoms with van der Waals surface area (Å²) in [5.74, 6) is 0.764. The third kappa shape index (κ3) is 4.09. The van der Waals surface area contributed by atoms with E-state index in [9.17, 15) is 5.11 Å². The van der Waals surface area contributed by atoms with Crippen molar-refractivity contribution in [2.75, 3.05) is 19.6 Å². The van der Waals surface area contributed by atoms with E-state index in [-0.39, 0.29) is 0 Å². The van der Waals surface area contributed by atoms with Gasteiger partial charge in [-0.3, -0.25) is 0 Å². The van der Waals surface area contributed by atoms with Gasteiger partial charge in [0.05, 0.1) is 16.1 Å². The number of aliphatic hydroxyl groups excluding tert-OH is 1. The van der Waals surface area contributed by atoms with Crippen LogP contribution in [0.1, 0.15) is 37.9 Å². The summed E-state index contributed by atoms with van der Waals surface area (Å²) in [7, 11) is 0. The number of benzene rings is 1. The summed E-state index contributed by atoms with van der Waals surface area (Å²) in [6, 6.07) is 5.42. The number of aliphatic hydroxyl groups is 1. The van der Waals surface area contributed by atoms with E-state index in [1.165, 1.54) is 12.8 Å². The van der Waals surface area contributed by atoms with Gasteiger partial charge in [-0.15, -0.1) is 0 Å². The van der Waals surface area contributed by atoms with Crippen LogP contribution in [0.2, 0.25) is 10.0 Å². The first-order valence-electron chi connectivity index (χ1n) is 6.92. The van der Waals surface area contributed by atoms with Gasteiger partial charge in [-0.2, -0.15) is 0 Å². The predicted molar refractivity (Wildman–Crippen MR) is 80.9 cm³/mol. The van der Waals surface area contributed by atoms with Crippen molar-refractivity contribution in [2.24, 2.45) is 5.92 Å². The molecule has 19 heavy (non-hydrogen) atoms. The molecule has 2 rings (SSSR count). The van der Waals surface area contributed by atoms with Crippen LogP contribution in [0, 0.1) is 5.92 Å². The van der Waals surface area contributed by atoms with Crippen molar-refractivity contribution in [1.82, 2.24) is 4.90 Å². The maximum absolute atomic E-state index is 10.3. The van der Waals surface area contributed by atoms with Crippen molar-refractivity contribution in [1.29, 1.82) is 0 Å². The van der Waals surface area contributed by atoms with E-state index in [4.69, 9.17) is 23.2 Å². The van der Waals surface area contributed by atoms with Gasteiger partial charge in [0.2, 0.25) is 0 Å². The van der Waals surface area contributed by atoms with Crippen LogP contribution in [-0.2, 0) is 0 Å². The molecule has 4 heteroatoms. The quantitative estimate of drug-likeness (QED) is 0.903. The standard InChI is InChI=1S/C15H21Cl2NO/c1-11-4-3-8-18(10-11)9-7-14(19)12-5-2-6-13(16)15(12)17/h2,5-6,11,14,19H,3-4,7-10H2,1H3. The Hall–Kier alpha value is -0.280. The highest BCUT2D eigenvalue weighted by molar-refractivity contribution is 6.42. The minimum absolute atomic E-state index is 0.476. The lowest BCUT2D eigenvalue weighted by atomic mass is 9.99. The molecule has 2 nitrogen and oxygen atoms in total. The number of hydrogen-bond acceptors (Lipinski definition) is 2. The maximum Gasteiger partial charge on any atom is 0.0817 e. The SMILES string of the molecule is CC1CCCN(CCC(O)c2cccc(Cl)c2Cl)C1. The number of piperidine rings is 1. The van der Waals surface area contributed by atoms with Crippen molar-refractivity contribution in [3.8, 4) is 0 Å². The van der Waals surface area contributed by atoms with Gasteiger partial charge in [0, 0.05) is 18.7 Å². The molecule has 1 fully saturated rings. The minimum Gasteiger partial charge on any atom is -0.388 e. The first-order chi connectivity index (χ1) is 9.08. The molecule has 0 amide bonds. The zero-order chi connectivity index (χ0) is 13.8. The molecule has 1 aromatic carbocycles. The summed E-state index contributed by atoms with van der Waals surface area (Å²) in [4.78, 5) is 2.43. The molecule has 106 valence electrons. The maximum atomic E-state index is 10.3. The van der Waals surface area contributed by atoms with Gasteiger partial charge in [0.1, 0.15) is 0 Å². The third-order valence-corrected chi connectivity index (χ3v) is 4.63. The molecular weight excluding hydrogens is 281 g/mol. The smallest absolute Gasteiger partial charge is 0.0817 e. The highest BCUT2D eigenvalue weighted by atomic mass is 35.5. The molecule has 2 atom stereocenters. The zero-order valence-electron chi connectivity index (χ0n) is 11.3. The Balaban J connectivity index is 1.90. The second-order valence-corrected chi connectivity index (χ2v) is 6.28. The normalized spacial score (nSPS) is 22.4. The Bertz CT molecular complexity index is 425. The summed E-state index contributed by atoms with van der Waals surface area (Å²) < 4.78 is 0. The summed E-state index contributed by atoms with van der Waals surface area (Å²) in [6.07, 6.45) is 2.74. The summed E-state index contributed by atoms with van der Waals surface area (Å²) in [6.45, 7) is 5.47. The fourth-order valence-corrected chi connectivity index (χ4v) is 3.16. The van der Waals surface area contributed by atoms with E-state index >= 15 is 0 Å². The Morgan fingerprint density at radius 1 is 1.42 bits per heavy atom. The lowest BCUT2D eigenvalue weighted by molar-refractivity contribution is 0.122. The molecule has 1 saturated heterocycles. The van der Waals surface area contributed by atoms with Crippen molar-refractivity contribution < 1.29 is 5.11 Å².